The highest BCUT2D eigenvalue weighted by Crippen LogP contribution is 2.31. The number of halogens is 3. The number of primary amides is 1. The zero-order chi connectivity index (χ0) is 30.1. The molecule has 0 aliphatic carbocycles. The van der Waals surface area contributed by atoms with E-state index in [0.29, 0.717) is 23.7 Å². The van der Waals surface area contributed by atoms with Gasteiger partial charge >= 0.3 is 6.18 Å². The van der Waals surface area contributed by atoms with Gasteiger partial charge in [0.15, 0.2) is 17.6 Å². The minimum Gasteiger partial charge on any atom is -0.485 e. The van der Waals surface area contributed by atoms with Crippen LogP contribution in [-0.2, 0) is 35.4 Å². The molecule has 0 bridgehead atoms. The monoisotopic (exact) mass is 578 g/mol. The number of nitrogens with two attached hydrogens (primary N) is 1. The van der Waals surface area contributed by atoms with Crippen LogP contribution in [0.5, 0.6) is 11.5 Å². The highest BCUT2D eigenvalue weighted by atomic mass is 19.4. The largest absolute Gasteiger partial charge is 0.485 e. The van der Waals surface area contributed by atoms with E-state index in [1.54, 1.807) is 18.2 Å². The van der Waals surface area contributed by atoms with E-state index in [2.05, 4.69) is 5.32 Å². The van der Waals surface area contributed by atoms with Gasteiger partial charge in [-0.25, -0.2) is 0 Å². The topological polar surface area (TPSA) is 111 Å². The molecule has 218 valence electrons. The van der Waals surface area contributed by atoms with Gasteiger partial charge in [-0.2, -0.15) is 13.2 Å². The lowest BCUT2D eigenvalue weighted by molar-refractivity contribution is -0.137. The molecule has 4 aromatic carbocycles. The molecule has 0 saturated carbocycles. The standard InChI is InChI=1S/C32H29F3N2O5/c33-32(34,35)25-14-12-24(13-15-25)29(38)31(40)37-26(30(36)39)17-23-11-16-27(41-19-21-7-3-1-4-8-21)28(18-23)42-20-22-9-5-2-6-10-22/h1-16,18,26,29,38H,17,19-20H2,(H2,36,39)(H,37,40)/t26-,29-/m1/s1. The molecular weight excluding hydrogens is 549 g/mol. The minimum absolute atomic E-state index is 0.0402. The van der Waals surface area contributed by atoms with Crippen molar-refractivity contribution in [3.8, 4) is 11.5 Å². The molecule has 4 N–H and O–H groups in total. The fourth-order valence-corrected chi connectivity index (χ4v) is 4.10. The third-order valence-corrected chi connectivity index (χ3v) is 6.38. The molecule has 0 saturated heterocycles. The molecule has 2 amide bonds. The highest BCUT2D eigenvalue weighted by molar-refractivity contribution is 5.89. The molecule has 7 nitrogen and oxygen atoms in total. The maximum absolute atomic E-state index is 12.8. The van der Waals surface area contributed by atoms with Crippen molar-refractivity contribution in [2.24, 2.45) is 5.73 Å². The van der Waals surface area contributed by atoms with Crippen LogP contribution in [0.2, 0.25) is 0 Å². The van der Waals surface area contributed by atoms with Crippen molar-refractivity contribution in [3.05, 3.63) is 131 Å². The van der Waals surface area contributed by atoms with E-state index >= 15 is 0 Å². The van der Waals surface area contributed by atoms with Crippen LogP contribution >= 0.6 is 0 Å². The smallest absolute Gasteiger partial charge is 0.416 e. The predicted octanol–water partition coefficient (Wildman–Crippen LogP) is 5.11. The summed E-state index contributed by atoms with van der Waals surface area (Å²) in [5, 5.41) is 12.8. The molecular formula is C32H29F3N2O5. The molecule has 0 spiro atoms. The number of aliphatic hydroxyl groups is 1. The molecule has 10 heteroatoms. The van der Waals surface area contributed by atoms with Crippen molar-refractivity contribution in [2.45, 2.75) is 38.0 Å². The van der Waals surface area contributed by atoms with E-state index in [4.69, 9.17) is 15.2 Å². The lowest BCUT2D eigenvalue weighted by atomic mass is 10.0. The third kappa shape index (κ3) is 8.34. The number of hydrogen-bond acceptors (Lipinski definition) is 5. The molecule has 0 unspecified atom stereocenters. The van der Waals surface area contributed by atoms with Crippen LogP contribution in [0.4, 0.5) is 13.2 Å². The summed E-state index contributed by atoms with van der Waals surface area (Å²) in [5.74, 6) is -0.969. The Morgan fingerprint density at radius 1 is 0.762 bits per heavy atom. The maximum Gasteiger partial charge on any atom is 0.416 e. The fourth-order valence-electron chi connectivity index (χ4n) is 4.10. The Hall–Kier alpha value is -4.83. The minimum atomic E-state index is -4.56. The first kappa shape index (κ1) is 30.1. The highest BCUT2D eigenvalue weighted by Gasteiger charge is 2.31. The number of ether oxygens (including phenoxy) is 2. The van der Waals surface area contributed by atoms with Crippen molar-refractivity contribution in [3.63, 3.8) is 0 Å². The van der Waals surface area contributed by atoms with Crippen molar-refractivity contribution < 1.29 is 37.3 Å². The summed E-state index contributed by atoms with van der Waals surface area (Å²) in [6.07, 6.45) is -6.41. The lowest BCUT2D eigenvalue weighted by Crippen LogP contribution is -2.47. The third-order valence-electron chi connectivity index (χ3n) is 6.38. The van der Waals surface area contributed by atoms with E-state index in [1.165, 1.54) is 0 Å². The SMILES string of the molecule is NC(=O)[C@@H](Cc1ccc(OCc2ccccc2)c(OCc2ccccc2)c1)NC(=O)[C@H](O)c1ccc(C(F)(F)F)cc1. The average Bonchev–Trinajstić information content (AvgIpc) is 2.99. The molecule has 0 aromatic heterocycles. The summed E-state index contributed by atoms with van der Waals surface area (Å²) in [6.45, 7) is 0.547. The van der Waals surface area contributed by atoms with Crippen LogP contribution in [0.3, 0.4) is 0 Å². The van der Waals surface area contributed by atoms with Gasteiger partial charge in [0.1, 0.15) is 19.3 Å². The van der Waals surface area contributed by atoms with E-state index < -0.39 is 35.7 Å². The summed E-state index contributed by atoms with van der Waals surface area (Å²) in [5.41, 5.74) is 7.01. The predicted molar refractivity (Wildman–Crippen MR) is 149 cm³/mol. The first-order valence-electron chi connectivity index (χ1n) is 13.0. The summed E-state index contributed by atoms with van der Waals surface area (Å²) in [7, 11) is 0. The first-order chi connectivity index (χ1) is 20.1. The quantitative estimate of drug-likeness (QED) is 0.216. The zero-order valence-electron chi connectivity index (χ0n) is 22.4. The van der Waals surface area contributed by atoms with Gasteiger partial charge in [0.25, 0.3) is 5.91 Å². The molecule has 0 fully saturated rings. The number of alkyl halides is 3. The molecule has 4 rings (SSSR count). The Morgan fingerprint density at radius 3 is 1.83 bits per heavy atom. The molecule has 42 heavy (non-hydrogen) atoms. The van der Waals surface area contributed by atoms with Crippen LogP contribution < -0.4 is 20.5 Å². The van der Waals surface area contributed by atoms with Crippen LogP contribution in [-0.4, -0.2) is 23.0 Å². The number of carbonyl (C=O) groups is 2. The second kappa shape index (κ2) is 13.7. The van der Waals surface area contributed by atoms with Crippen LogP contribution in [0.15, 0.2) is 103 Å². The Balaban J connectivity index is 1.48. The van der Waals surface area contributed by atoms with Crippen molar-refractivity contribution in [1.29, 1.82) is 0 Å². The van der Waals surface area contributed by atoms with Gasteiger partial charge in [-0.1, -0.05) is 78.9 Å². The fraction of sp³-hybridized carbons (Fsp3) is 0.188. The number of carbonyl (C=O) groups excluding carboxylic acids is 2. The second-order valence-corrected chi connectivity index (χ2v) is 9.52. The van der Waals surface area contributed by atoms with Gasteiger partial charge < -0.3 is 25.6 Å². The molecule has 2 atom stereocenters. The van der Waals surface area contributed by atoms with Gasteiger partial charge in [0.2, 0.25) is 5.91 Å². The van der Waals surface area contributed by atoms with Crippen molar-refractivity contribution in [2.75, 3.05) is 0 Å². The lowest BCUT2D eigenvalue weighted by Gasteiger charge is -2.20. The number of aliphatic hydroxyl groups excluding tert-OH is 1. The van der Waals surface area contributed by atoms with E-state index in [9.17, 15) is 27.9 Å². The van der Waals surface area contributed by atoms with Gasteiger partial charge in [-0.05, 0) is 46.5 Å². The van der Waals surface area contributed by atoms with Crippen molar-refractivity contribution in [1.82, 2.24) is 5.32 Å². The first-order valence-corrected chi connectivity index (χ1v) is 13.0. The number of amides is 2. The Kier molecular flexibility index (Phi) is 9.82. The Labute approximate surface area is 240 Å². The molecule has 4 aromatic rings. The Bertz CT molecular complexity index is 1480. The summed E-state index contributed by atoms with van der Waals surface area (Å²) in [4.78, 5) is 24.9. The van der Waals surface area contributed by atoms with Crippen LogP contribution in [0, 0.1) is 0 Å². The molecule has 0 aliphatic rings. The molecule has 0 aliphatic heterocycles. The number of rotatable bonds is 12. The second-order valence-electron chi connectivity index (χ2n) is 9.52. The van der Waals surface area contributed by atoms with E-state index in [0.717, 1.165) is 35.4 Å². The normalized spacial score (nSPS) is 12.7. The van der Waals surface area contributed by atoms with Gasteiger partial charge in [-0.15, -0.1) is 0 Å². The number of nitrogens with one attached hydrogen (secondary N) is 1. The van der Waals surface area contributed by atoms with Gasteiger partial charge in [-0.3, -0.25) is 9.59 Å². The van der Waals surface area contributed by atoms with E-state index in [1.807, 2.05) is 60.7 Å². The van der Waals surface area contributed by atoms with Crippen molar-refractivity contribution >= 4 is 11.8 Å². The summed E-state index contributed by atoms with van der Waals surface area (Å²) < 4.78 is 50.6. The Morgan fingerprint density at radius 2 is 1.31 bits per heavy atom. The number of hydrogen-bond donors (Lipinski definition) is 3. The summed E-state index contributed by atoms with van der Waals surface area (Å²) >= 11 is 0. The van der Waals surface area contributed by atoms with Crippen LogP contribution in [0.1, 0.15) is 33.9 Å². The molecule has 0 heterocycles. The van der Waals surface area contributed by atoms with Gasteiger partial charge in [0, 0.05) is 6.42 Å². The average molecular weight is 579 g/mol. The van der Waals surface area contributed by atoms with E-state index in [-0.39, 0.29) is 18.6 Å². The van der Waals surface area contributed by atoms with Gasteiger partial charge in [0.05, 0.1) is 5.56 Å². The molecule has 0 radical (unpaired) electrons. The number of benzene rings is 4. The zero-order valence-corrected chi connectivity index (χ0v) is 22.4. The van der Waals surface area contributed by atoms with Crippen LogP contribution in [0.25, 0.3) is 0 Å². The summed E-state index contributed by atoms with van der Waals surface area (Å²) in [6, 6.07) is 26.4. The maximum atomic E-state index is 12.8.